The Balaban J connectivity index is 1.77. The van der Waals surface area contributed by atoms with Crippen molar-refractivity contribution in [1.82, 2.24) is 20.3 Å². The highest BCUT2D eigenvalue weighted by molar-refractivity contribution is 7.80. The van der Waals surface area contributed by atoms with Crippen LogP contribution >= 0.6 is 12.6 Å². The third-order valence-electron chi connectivity index (χ3n) is 3.21. The van der Waals surface area contributed by atoms with Gasteiger partial charge in [-0.1, -0.05) is 5.21 Å². The number of amides is 1. The van der Waals surface area contributed by atoms with E-state index in [0.29, 0.717) is 18.5 Å². The molecule has 1 heterocycles. The van der Waals surface area contributed by atoms with Crippen LogP contribution in [0.5, 0.6) is 0 Å². The summed E-state index contributed by atoms with van der Waals surface area (Å²) in [7, 11) is 0. The molecule has 20 heavy (non-hydrogen) atoms. The third-order valence-corrected chi connectivity index (χ3v) is 3.73. The van der Waals surface area contributed by atoms with E-state index in [9.17, 15) is 4.79 Å². The van der Waals surface area contributed by atoms with E-state index in [1.54, 1.807) is 0 Å². The minimum atomic E-state index is -0.491. The second-order valence-corrected chi connectivity index (χ2v) is 6.58. The van der Waals surface area contributed by atoms with Gasteiger partial charge in [0.05, 0.1) is 18.8 Å². The van der Waals surface area contributed by atoms with Gasteiger partial charge in [0.1, 0.15) is 11.3 Å². The van der Waals surface area contributed by atoms with Crippen LogP contribution in [0.2, 0.25) is 0 Å². The highest BCUT2D eigenvalue weighted by atomic mass is 32.1. The molecule has 7 heteroatoms. The van der Waals surface area contributed by atoms with E-state index < -0.39 is 11.7 Å². The van der Waals surface area contributed by atoms with Crippen LogP contribution in [0, 0.1) is 5.92 Å². The molecule has 1 aliphatic rings. The van der Waals surface area contributed by atoms with E-state index in [1.165, 1.54) is 0 Å². The van der Waals surface area contributed by atoms with Crippen molar-refractivity contribution in [3.63, 3.8) is 0 Å². The number of nitrogens with zero attached hydrogens (tertiary/aromatic N) is 3. The minimum Gasteiger partial charge on any atom is -0.444 e. The molecule has 0 radical (unpaired) electrons. The van der Waals surface area contributed by atoms with E-state index in [4.69, 9.17) is 4.74 Å². The zero-order valence-corrected chi connectivity index (χ0v) is 13.1. The van der Waals surface area contributed by atoms with Crippen molar-refractivity contribution >= 4 is 18.7 Å². The van der Waals surface area contributed by atoms with Crippen molar-refractivity contribution in [2.75, 3.05) is 5.75 Å². The fourth-order valence-electron chi connectivity index (χ4n) is 2.12. The van der Waals surface area contributed by atoms with Gasteiger partial charge in [0.2, 0.25) is 0 Å². The van der Waals surface area contributed by atoms with Gasteiger partial charge in [-0.15, -0.1) is 5.10 Å². The summed E-state index contributed by atoms with van der Waals surface area (Å²) < 4.78 is 7.04. The van der Waals surface area contributed by atoms with Crippen LogP contribution < -0.4 is 5.32 Å². The molecular weight excluding hydrogens is 276 g/mol. The maximum absolute atomic E-state index is 11.5. The lowest BCUT2D eigenvalue weighted by Crippen LogP contribution is -2.32. The first-order valence-electron chi connectivity index (χ1n) is 6.86. The molecular formula is C13H22N4O2S. The molecule has 1 N–H and O–H groups in total. The molecule has 0 saturated heterocycles. The average Bonchev–Trinajstić information content (AvgIpc) is 2.71. The highest BCUT2D eigenvalue weighted by Crippen LogP contribution is 2.37. The summed E-state index contributed by atoms with van der Waals surface area (Å²) in [5.74, 6) is 1.62. The lowest BCUT2D eigenvalue weighted by Gasteiger charge is -2.33. The first kappa shape index (κ1) is 15.2. The number of thiol groups is 1. The second kappa shape index (κ2) is 6.03. The Morgan fingerprint density at radius 1 is 1.55 bits per heavy atom. The Labute approximate surface area is 124 Å². The standard InChI is InChI=1S/C13H22N4O2S/c1-13(2,3)19-12(18)14-6-10-7-17(16-15-10)11-4-9(5-11)8-20/h7,9,11,20H,4-6,8H2,1-3H3,(H,14,18). The number of carbonyl (C=O) groups excluding carboxylic acids is 1. The number of rotatable bonds is 4. The predicted molar refractivity (Wildman–Crippen MR) is 78.7 cm³/mol. The maximum Gasteiger partial charge on any atom is 0.407 e. The molecule has 1 fully saturated rings. The Hall–Kier alpha value is -1.24. The molecule has 0 aromatic carbocycles. The smallest absolute Gasteiger partial charge is 0.407 e. The summed E-state index contributed by atoms with van der Waals surface area (Å²) in [6, 6.07) is 0.426. The molecule has 112 valence electrons. The number of hydrogen-bond donors (Lipinski definition) is 2. The molecule has 1 saturated carbocycles. The predicted octanol–water partition coefficient (Wildman–Crippen LogP) is 2.18. The Bertz CT molecular complexity index is 463. The number of alkyl carbamates (subject to hydrolysis) is 1. The Kier molecular flexibility index (Phi) is 4.57. The highest BCUT2D eigenvalue weighted by Gasteiger charge is 2.30. The van der Waals surface area contributed by atoms with Crippen LogP contribution in [-0.2, 0) is 11.3 Å². The summed E-state index contributed by atoms with van der Waals surface area (Å²) >= 11 is 4.29. The number of carbonyl (C=O) groups is 1. The molecule has 1 aromatic heterocycles. The van der Waals surface area contributed by atoms with Gasteiger partial charge < -0.3 is 10.1 Å². The van der Waals surface area contributed by atoms with Crippen molar-refractivity contribution in [2.45, 2.75) is 51.8 Å². The van der Waals surface area contributed by atoms with Crippen LogP contribution in [0.3, 0.4) is 0 Å². The summed E-state index contributed by atoms with van der Waals surface area (Å²) in [5, 5.41) is 10.8. The first-order valence-corrected chi connectivity index (χ1v) is 7.49. The molecule has 0 atom stereocenters. The molecule has 6 nitrogen and oxygen atoms in total. The van der Waals surface area contributed by atoms with Gasteiger partial charge in [-0.05, 0) is 45.3 Å². The molecule has 0 spiro atoms. The van der Waals surface area contributed by atoms with Crippen molar-refractivity contribution in [3.05, 3.63) is 11.9 Å². The van der Waals surface area contributed by atoms with Crippen LogP contribution in [0.4, 0.5) is 4.79 Å². The Morgan fingerprint density at radius 3 is 2.85 bits per heavy atom. The lowest BCUT2D eigenvalue weighted by atomic mass is 9.82. The maximum atomic E-state index is 11.5. The summed E-state index contributed by atoms with van der Waals surface area (Å²) in [4.78, 5) is 11.5. The fourth-order valence-corrected chi connectivity index (χ4v) is 2.41. The van der Waals surface area contributed by atoms with Gasteiger partial charge in [0.25, 0.3) is 0 Å². The van der Waals surface area contributed by atoms with Crippen molar-refractivity contribution < 1.29 is 9.53 Å². The van der Waals surface area contributed by atoms with Crippen molar-refractivity contribution in [3.8, 4) is 0 Å². The third kappa shape index (κ3) is 4.13. The molecule has 1 amide bonds. The van der Waals surface area contributed by atoms with E-state index in [-0.39, 0.29) is 0 Å². The summed E-state index contributed by atoms with van der Waals surface area (Å²) in [6.45, 7) is 5.82. The second-order valence-electron chi connectivity index (χ2n) is 6.22. The zero-order valence-electron chi connectivity index (χ0n) is 12.2. The van der Waals surface area contributed by atoms with Gasteiger partial charge in [0, 0.05) is 0 Å². The fraction of sp³-hybridized carbons (Fsp3) is 0.769. The summed E-state index contributed by atoms with van der Waals surface area (Å²) in [6.07, 6.45) is 3.65. The van der Waals surface area contributed by atoms with Crippen LogP contribution in [-0.4, -0.2) is 32.4 Å². The van der Waals surface area contributed by atoms with Gasteiger partial charge in [-0.2, -0.15) is 12.6 Å². The largest absolute Gasteiger partial charge is 0.444 e. The van der Waals surface area contributed by atoms with Crippen molar-refractivity contribution in [2.24, 2.45) is 5.92 Å². The molecule has 1 aromatic rings. The molecule has 2 rings (SSSR count). The molecule has 0 bridgehead atoms. The van der Waals surface area contributed by atoms with Crippen LogP contribution in [0.25, 0.3) is 0 Å². The van der Waals surface area contributed by atoms with Crippen molar-refractivity contribution in [1.29, 1.82) is 0 Å². The van der Waals surface area contributed by atoms with E-state index in [2.05, 4.69) is 28.3 Å². The first-order chi connectivity index (χ1) is 9.37. The van der Waals surface area contributed by atoms with E-state index in [0.717, 1.165) is 24.3 Å². The minimum absolute atomic E-state index is 0.331. The number of nitrogens with one attached hydrogen (secondary N) is 1. The van der Waals surface area contributed by atoms with E-state index >= 15 is 0 Å². The Morgan fingerprint density at radius 2 is 2.25 bits per heavy atom. The normalized spacial score (nSPS) is 22.2. The van der Waals surface area contributed by atoms with E-state index in [1.807, 2.05) is 31.6 Å². The molecule has 0 aliphatic heterocycles. The number of aromatic nitrogens is 3. The van der Waals surface area contributed by atoms with Gasteiger partial charge in [0.15, 0.2) is 0 Å². The van der Waals surface area contributed by atoms with Gasteiger partial charge in [-0.25, -0.2) is 9.48 Å². The summed E-state index contributed by atoms with van der Waals surface area (Å²) in [5.41, 5.74) is 0.250. The average molecular weight is 298 g/mol. The van der Waals surface area contributed by atoms with Gasteiger partial charge in [-0.3, -0.25) is 0 Å². The van der Waals surface area contributed by atoms with Gasteiger partial charge >= 0.3 is 6.09 Å². The number of ether oxygens (including phenoxy) is 1. The molecule has 1 aliphatic carbocycles. The number of hydrogen-bond acceptors (Lipinski definition) is 5. The monoisotopic (exact) mass is 298 g/mol. The lowest BCUT2D eigenvalue weighted by molar-refractivity contribution is 0.0523. The zero-order chi connectivity index (χ0) is 14.8. The topological polar surface area (TPSA) is 69.0 Å². The molecule has 0 unspecified atom stereocenters. The van der Waals surface area contributed by atoms with Crippen LogP contribution in [0.15, 0.2) is 6.20 Å². The van der Waals surface area contributed by atoms with Crippen LogP contribution in [0.1, 0.15) is 45.3 Å². The quantitative estimate of drug-likeness (QED) is 0.836. The SMILES string of the molecule is CC(C)(C)OC(=O)NCc1cn(C2CC(CS)C2)nn1.